The predicted octanol–water partition coefficient (Wildman–Crippen LogP) is 2.25. The summed E-state index contributed by atoms with van der Waals surface area (Å²) in [7, 11) is -1.58. The van der Waals surface area contributed by atoms with Crippen LogP contribution in [-0.4, -0.2) is 51.8 Å². The van der Waals surface area contributed by atoms with Crippen molar-refractivity contribution in [3.8, 4) is 0 Å². The van der Waals surface area contributed by atoms with Crippen LogP contribution in [0.25, 0.3) is 0 Å². The average molecular weight is 423 g/mol. The molecular weight excluding hydrogens is 401 g/mol. The van der Waals surface area contributed by atoms with Crippen LogP contribution < -0.4 is 9.62 Å². The molecule has 2 aromatic rings. The number of anilines is 2. The summed E-state index contributed by atoms with van der Waals surface area (Å²) in [6.45, 7) is 1.21. The van der Waals surface area contributed by atoms with Crippen LogP contribution in [0.1, 0.15) is 17.3 Å². The highest BCUT2D eigenvalue weighted by molar-refractivity contribution is 7.90. The summed E-state index contributed by atoms with van der Waals surface area (Å²) >= 11 is 0. The number of carbonyl (C=O) groups is 2. The topological polar surface area (TPSA) is 96.0 Å². The summed E-state index contributed by atoms with van der Waals surface area (Å²) in [6.07, 6.45) is 0. The van der Waals surface area contributed by atoms with E-state index in [1.165, 1.54) is 50.5 Å². The van der Waals surface area contributed by atoms with E-state index in [4.69, 9.17) is 4.74 Å². The Bertz CT molecular complexity index is 995. The number of esters is 1. The smallest absolute Gasteiger partial charge is 0.338 e. The number of hydrogen-bond donors (Lipinski definition) is 1. The summed E-state index contributed by atoms with van der Waals surface area (Å²) in [6, 6.07) is 11.3. The summed E-state index contributed by atoms with van der Waals surface area (Å²) in [4.78, 5) is 24.3. The second-order valence-electron chi connectivity index (χ2n) is 6.10. The van der Waals surface area contributed by atoms with Gasteiger partial charge in [0.15, 0.2) is 0 Å². The van der Waals surface area contributed by atoms with Gasteiger partial charge in [0.2, 0.25) is 5.91 Å². The minimum Gasteiger partial charge on any atom is -0.462 e. The highest BCUT2D eigenvalue weighted by Crippen LogP contribution is 2.23. The first kappa shape index (κ1) is 22.3. The second-order valence-corrected chi connectivity index (χ2v) is 8.16. The zero-order chi connectivity index (χ0) is 21.6. The lowest BCUT2D eigenvalue weighted by molar-refractivity contribution is -0.114. The average Bonchev–Trinajstić information content (AvgIpc) is 2.67. The molecule has 0 heterocycles. The predicted molar refractivity (Wildman–Crippen MR) is 107 cm³/mol. The van der Waals surface area contributed by atoms with Crippen LogP contribution in [0.4, 0.5) is 15.8 Å². The van der Waals surface area contributed by atoms with E-state index in [2.05, 4.69) is 5.32 Å². The maximum Gasteiger partial charge on any atom is 0.338 e. The zero-order valence-corrected chi connectivity index (χ0v) is 17.1. The molecule has 1 N–H and O–H groups in total. The fourth-order valence-electron chi connectivity index (χ4n) is 2.41. The first-order chi connectivity index (χ1) is 13.7. The molecule has 156 valence electrons. The molecule has 10 heteroatoms. The van der Waals surface area contributed by atoms with Crippen molar-refractivity contribution in [2.24, 2.45) is 0 Å². The third kappa shape index (κ3) is 5.52. The Hall–Kier alpha value is -2.98. The quantitative estimate of drug-likeness (QED) is 0.657. The molecule has 0 aliphatic rings. The van der Waals surface area contributed by atoms with E-state index in [-0.39, 0.29) is 23.5 Å². The molecule has 0 aliphatic heterocycles. The Morgan fingerprint density at radius 3 is 2.41 bits per heavy atom. The number of benzene rings is 2. The first-order valence-electron chi connectivity index (χ1n) is 8.68. The maximum atomic E-state index is 14.2. The first-order valence-corrected chi connectivity index (χ1v) is 10.1. The minimum absolute atomic E-state index is 0.204. The molecule has 0 saturated carbocycles. The minimum atomic E-state index is -4.14. The Morgan fingerprint density at radius 1 is 1.10 bits per heavy atom. The number of halogens is 1. The Balaban J connectivity index is 2.26. The molecule has 0 aliphatic carbocycles. The van der Waals surface area contributed by atoms with Gasteiger partial charge in [0.1, 0.15) is 12.4 Å². The van der Waals surface area contributed by atoms with Gasteiger partial charge in [-0.3, -0.25) is 4.79 Å². The number of nitrogens with one attached hydrogen (secondary N) is 1. The van der Waals surface area contributed by atoms with Crippen LogP contribution in [0, 0.1) is 5.82 Å². The summed E-state index contributed by atoms with van der Waals surface area (Å²) in [5.74, 6) is -2.04. The SMILES string of the molecule is CCOC(=O)c1cccc(NC(=O)CN(c2ccccc2F)S(=O)(=O)N(C)C)c1. The maximum absolute atomic E-state index is 14.2. The van der Waals surface area contributed by atoms with E-state index in [0.29, 0.717) is 4.31 Å². The number of para-hydroxylation sites is 1. The summed E-state index contributed by atoms with van der Waals surface area (Å²) in [5.41, 5.74) is 0.254. The van der Waals surface area contributed by atoms with E-state index in [0.717, 1.165) is 10.4 Å². The van der Waals surface area contributed by atoms with E-state index >= 15 is 0 Å². The standard InChI is InChI=1S/C19H22FN3O5S/c1-4-28-19(25)14-8-7-9-15(12-14)21-18(24)13-23(29(26,27)22(2)3)17-11-6-5-10-16(17)20/h5-12H,4,13H2,1-3H3,(H,21,24). The van der Waals surface area contributed by atoms with Crippen molar-refractivity contribution in [3.05, 3.63) is 59.9 Å². The van der Waals surface area contributed by atoms with Crippen molar-refractivity contribution in [1.29, 1.82) is 0 Å². The number of hydrogen-bond acceptors (Lipinski definition) is 5. The lowest BCUT2D eigenvalue weighted by Crippen LogP contribution is -2.44. The molecule has 29 heavy (non-hydrogen) atoms. The van der Waals surface area contributed by atoms with Gasteiger partial charge >= 0.3 is 16.2 Å². The molecule has 1 amide bonds. The van der Waals surface area contributed by atoms with Crippen molar-refractivity contribution in [2.45, 2.75) is 6.92 Å². The molecule has 2 aromatic carbocycles. The van der Waals surface area contributed by atoms with Crippen LogP contribution in [-0.2, 0) is 19.7 Å². The van der Waals surface area contributed by atoms with Crippen LogP contribution in [0.3, 0.4) is 0 Å². The summed E-state index contributed by atoms with van der Waals surface area (Å²) < 4.78 is 45.9. The fourth-order valence-corrected chi connectivity index (χ4v) is 3.48. The van der Waals surface area contributed by atoms with Gasteiger partial charge in [-0.15, -0.1) is 0 Å². The molecule has 0 bridgehead atoms. The van der Waals surface area contributed by atoms with Gasteiger partial charge in [-0.05, 0) is 37.3 Å². The Labute approximate surface area is 169 Å². The van der Waals surface area contributed by atoms with Crippen LogP contribution in [0.15, 0.2) is 48.5 Å². The number of nitrogens with zero attached hydrogens (tertiary/aromatic N) is 2. The van der Waals surface area contributed by atoms with Crippen LogP contribution >= 0.6 is 0 Å². The van der Waals surface area contributed by atoms with Gasteiger partial charge < -0.3 is 10.1 Å². The van der Waals surface area contributed by atoms with E-state index in [1.54, 1.807) is 13.0 Å². The molecule has 0 radical (unpaired) electrons. The third-order valence-corrected chi connectivity index (χ3v) is 5.61. The molecule has 0 spiro atoms. The number of amides is 1. The van der Waals surface area contributed by atoms with Gasteiger partial charge in [-0.2, -0.15) is 12.7 Å². The van der Waals surface area contributed by atoms with Crippen molar-refractivity contribution >= 4 is 33.5 Å². The molecule has 8 nitrogen and oxygen atoms in total. The zero-order valence-electron chi connectivity index (χ0n) is 16.3. The molecule has 0 saturated heterocycles. The van der Waals surface area contributed by atoms with Gasteiger partial charge in [0.25, 0.3) is 0 Å². The molecule has 0 unspecified atom stereocenters. The molecule has 0 aromatic heterocycles. The van der Waals surface area contributed by atoms with Gasteiger partial charge in [0, 0.05) is 19.8 Å². The van der Waals surface area contributed by atoms with Crippen molar-refractivity contribution in [2.75, 3.05) is 36.9 Å². The fraction of sp³-hybridized carbons (Fsp3) is 0.263. The number of rotatable bonds is 8. The highest BCUT2D eigenvalue weighted by atomic mass is 32.2. The van der Waals surface area contributed by atoms with Gasteiger partial charge in [-0.1, -0.05) is 18.2 Å². The Kier molecular flexibility index (Phi) is 7.29. The van der Waals surface area contributed by atoms with E-state index in [1.807, 2.05) is 0 Å². The second kappa shape index (κ2) is 9.48. The van der Waals surface area contributed by atoms with E-state index in [9.17, 15) is 22.4 Å². The van der Waals surface area contributed by atoms with E-state index < -0.39 is 34.4 Å². The number of carbonyl (C=O) groups excluding carboxylic acids is 2. The van der Waals surface area contributed by atoms with Gasteiger partial charge in [-0.25, -0.2) is 13.5 Å². The summed E-state index contributed by atoms with van der Waals surface area (Å²) in [5, 5.41) is 2.52. The Morgan fingerprint density at radius 2 is 1.79 bits per heavy atom. The largest absolute Gasteiger partial charge is 0.462 e. The van der Waals surface area contributed by atoms with Gasteiger partial charge in [0.05, 0.1) is 17.9 Å². The molecule has 2 rings (SSSR count). The van der Waals surface area contributed by atoms with Crippen LogP contribution in [0.5, 0.6) is 0 Å². The normalized spacial score (nSPS) is 11.2. The number of ether oxygens (including phenoxy) is 1. The van der Waals surface area contributed by atoms with Crippen molar-refractivity contribution in [1.82, 2.24) is 4.31 Å². The lowest BCUT2D eigenvalue weighted by Gasteiger charge is -2.27. The highest BCUT2D eigenvalue weighted by Gasteiger charge is 2.29. The van der Waals surface area contributed by atoms with Crippen molar-refractivity contribution < 1.29 is 27.1 Å². The molecular formula is C19H22FN3O5S. The van der Waals surface area contributed by atoms with Crippen LogP contribution in [0.2, 0.25) is 0 Å². The molecule has 0 fully saturated rings. The molecule has 0 atom stereocenters. The lowest BCUT2D eigenvalue weighted by atomic mass is 10.2. The third-order valence-electron chi connectivity index (χ3n) is 3.81. The monoisotopic (exact) mass is 423 g/mol. The van der Waals surface area contributed by atoms with Crippen molar-refractivity contribution in [3.63, 3.8) is 0 Å².